The largest absolute Gasteiger partial charge is 0.298 e. The maximum absolute atomic E-state index is 11.3. The van der Waals surface area contributed by atoms with Gasteiger partial charge in [0, 0.05) is 12.4 Å². The van der Waals surface area contributed by atoms with Gasteiger partial charge in [-0.3, -0.25) is 9.78 Å². The lowest BCUT2D eigenvalue weighted by molar-refractivity contribution is -0.123. The zero-order valence-corrected chi connectivity index (χ0v) is 9.38. The lowest BCUT2D eigenvalue weighted by atomic mass is 9.82. The van der Waals surface area contributed by atoms with Crippen molar-refractivity contribution < 1.29 is 4.79 Å². The maximum Gasteiger partial charge on any atom is 0.150 e. The molecule has 15 heavy (non-hydrogen) atoms. The van der Waals surface area contributed by atoms with E-state index in [0.717, 1.165) is 5.56 Å². The Kier molecular flexibility index (Phi) is 3.43. The highest BCUT2D eigenvalue weighted by Gasteiger charge is 2.30. The number of ketones is 1. The van der Waals surface area contributed by atoms with E-state index >= 15 is 0 Å². The van der Waals surface area contributed by atoms with Gasteiger partial charge in [-0.1, -0.05) is 11.6 Å². The monoisotopic (exact) mass is 222 g/mol. The van der Waals surface area contributed by atoms with Gasteiger partial charge in [0.25, 0.3) is 0 Å². The number of carbonyl (C=O) groups is 1. The fraction of sp³-hybridized carbons (Fsp3) is 0.364. The van der Waals surface area contributed by atoms with Gasteiger partial charge >= 0.3 is 0 Å². The van der Waals surface area contributed by atoms with Gasteiger partial charge in [-0.25, -0.2) is 0 Å². The SMILES string of the molecule is CC(=O)C(C)(C#N)Cc1ccncc1Cl. The van der Waals surface area contributed by atoms with E-state index in [1.165, 1.54) is 13.1 Å². The first kappa shape index (κ1) is 11.7. The van der Waals surface area contributed by atoms with Gasteiger partial charge in [-0.05, 0) is 31.9 Å². The van der Waals surface area contributed by atoms with Crippen LogP contribution in [0.1, 0.15) is 19.4 Å². The van der Waals surface area contributed by atoms with E-state index in [-0.39, 0.29) is 5.78 Å². The van der Waals surface area contributed by atoms with Gasteiger partial charge in [0.05, 0.1) is 11.1 Å². The van der Waals surface area contributed by atoms with E-state index in [0.29, 0.717) is 11.4 Å². The molecule has 1 atom stereocenters. The molecule has 1 aromatic heterocycles. The molecule has 4 heteroatoms. The van der Waals surface area contributed by atoms with Crippen LogP contribution in [0.4, 0.5) is 0 Å². The molecule has 78 valence electrons. The topological polar surface area (TPSA) is 53.8 Å². The summed E-state index contributed by atoms with van der Waals surface area (Å²) in [6, 6.07) is 3.75. The Hall–Kier alpha value is -1.40. The summed E-state index contributed by atoms with van der Waals surface area (Å²) in [7, 11) is 0. The molecule has 0 amide bonds. The number of carbonyl (C=O) groups excluding carboxylic acids is 1. The summed E-state index contributed by atoms with van der Waals surface area (Å²) in [6.07, 6.45) is 3.42. The molecule has 0 N–H and O–H groups in total. The Balaban J connectivity index is 3.01. The number of nitrogens with zero attached hydrogens (tertiary/aromatic N) is 2. The van der Waals surface area contributed by atoms with Crippen molar-refractivity contribution in [2.24, 2.45) is 5.41 Å². The van der Waals surface area contributed by atoms with Crippen LogP contribution < -0.4 is 0 Å². The van der Waals surface area contributed by atoms with Gasteiger partial charge in [-0.2, -0.15) is 5.26 Å². The van der Waals surface area contributed by atoms with Gasteiger partial charge in [0.2, 0.25) is 0 Å². The van der Waals surface area contributed by atoms with Crippen LogP contribution in [0.25, 0.3) is 0 Å². The number of aromatic nitrogens is 1. The molecule has 0 aromatic carbocycles. The molecule has 0 saturated heterocycles. The number of nitriles is 1. The Morgan fingerprint density at radius 2 is 2.40 bits per heavy atom. The molecule has 1 aromatic rings. The summed E-state index contributed by atoms with van der Waals surface area (Å²) in [6.45, 7) is 3.03. The van der Waals surface area contributed by atoms with Crippen LogP contribution in [0.5, 0.6) is 0 Å². The predicted octanol–water partition coefficient (Wildman–Crippen LogP) is 2.40. The average molecular weight is 223 g/mol. The van der Waals surface area contributed by atoms with Crippen LogP contribution in [0, 0.1) is 16.7 Å². The summed E-state index contributed by atoms with van der Waals surface area (Å²) >= 11 is 5.91. The third kappa shape index (κ3) is 2.54. The molecule has 0 aliphatic heterocycles. The molecule has 1 unspecified atom stereocenters. The van der Waals surface area contributed by atoms with Crippen molar-refractivity contribution in [3.05, 3.63) is 29.0 Å². The number of hydrogen-bond donors (Lipinski definition) is 0. The lowest BCUT2D eigenvalue weighted by Crippen LogP contribution is -2.26. The minimum atomic E-state index is -1.01. The first-order chi connectivity index (χ1) is 6.99. The second-order valence-corrected chi connectivity index (χ2v) is 4.05. The third-order valence-electron chi connectivity index (χ3n) is 2.42. The molecular formula is C11H11ClN2O. The normalized spacial score (nSPS) is 14.0. The van der Waals surface area contributed by atoms with Crippen molar-refractivity contribution in [2.75, 3.05) is 0 Å². The van der Waals surface area contributed by atoms with E-state index < -0.39 is 5.41 Å². The first-order valence-corrected chi connectivity index (χ1v) is 4.88. The standard InChI is InChI=1S/C11H11ClN2O/c1-8(15)11(2,7-13)5-9-3-4-14-6-10(9)12/h3-4,6H,5H2,1-2H3. The molecule has 1 heterocycles. The number of pyridine rings is 1. The predicted molar refractivity (Wildman–Crippen MR) is 57.4 cm³/mol. The first-order valence-electron chi connectivity index (χ1n) is 4.50. The Bertz CT molecular complexity index is 425. The van der Waals surface area contributed by atoms with E-state index in [1.54, 1.807) is 19.2 Å². The summed E-state index contributed by atoms with van der Waals surface area (Å²) in [4.78, 5) is 15.2. The summed E-state index contributed by atoms with van der Waals surface area (Å²) in [5, 5.41) is 9.46. The van der Waals surface area contributed by atoms with Crippen molar-refractivity contribution in [1.29, 1.82) is 5.26 Å². The van der Waals surface area contributed by atoms with Gasteiger partial charge in [0.1, 0.15) is 11.2 Å². The van der Waals surface area contributed by atoms with Gasteiger partial charge in [0.15, 0.2) is 0 Å². The minimum absolute atomic E-state index is 0.155. The highest BCUT2D eigenvalue weighted by Crippen LogP contribution is 2.26. The van der Waals surface area contributed by atoms with E-state index in [4.69, 9.17) is 16.9 Å². The molecular weight excluding hydrogens is 212 g/mol. The fourth-order valence-corrected chi connectivity index (χ4v) is 1.36. The van der Waals surface area contributed by atoms with Crippen LogP contribution in [0.3, 0.4) is 0 Å². The van der Waals surface area contributed by atoms with Crippen LogP contribution in [-0.4, -0.2) is 10.8 Å². The highest BCUT2D eigenvalue weighted by molar-refractivity contribution is 6.31. The molecule has 0 saturated carbocycles. The number of Topliss-reactive ketones (excluding diaryl/α,β-unsaturated/α-hetero) is 1. The zero-order chi connectivity index (χ0) is 11.5. The van der Waals surface area contributed by atoms with Crippen LogP contribution in [0.2, 0.25) is 5.02 Å². The quantitative estimate of drug-likeness (QED) is 0.789. The second kappa shape index (κ2) is 4.41. The van der Waals surface area contributed by atoms with Crippen molar-refractivity contribution in [2.45, 2.75) is 20.3 Å². The minimum Gasteiger partial charge on any atom is -0.298 e. The van der Waals surface area contributed by atoms with E-state index in [9.17, 15) is 4.79 Å². The summed E-state index contributed by atoms with van der Waals surface area (Å²) < 4.78 is 0. The van der Waals surface area contributed by atoms with Crippen molar-refractivity contribution >= 4 is 17.4 Å². The molecule has 3 nitrogen and oxygen atoms in total. The Morgan fingerprint density at radius 1 is 1.73 bits per heavy atom. The molecule has 0 bridgehead atoms. The number of hydrogen-bond acceptors (Lipinski definition) is 3. The van der Waals surface area contributed by atoms with Gasteiger partial charge in [-0.15, -0.1) is 0 Å². The van der Waals surface area contributed by atoms with Crippen LogP contribution in [0.15, 0.2) is 18.5 Å². The third-order valence-corrected chi connectivity index (χ3v) is 2.76. The van der Waals surface area contributed by atoms with E-state index in [1.807, 2.05) is 6.07 Å². The molecule has 0 aliphatic carbocycles. The van der Waals surface area contributed by atoms with Crippen molar-refractivity contribution in [3.8, 4) is 6.07 Å². The molecule has 0 spiro atoms. The molecule has 0 aliphatic rings. The highest BCUT2D eigenvalue weighted by atomic mass is 35.5. The van der Waals surface area contributed by atoms with Crippen molar-refractivity contribution in [1.82, 2.24) is 4.98 Å². The number of rotatable bonds is 3. The smallest absolute Gasteiger partial charge is 0.150 e. The lowest BCUT2D eigenvalue weighted by Gasteiger charge is -2.18. The van der Waals surface area contributed by atoms with Crippen LogP contribution in [-0.2, 0) is 11.2 Å². The zero-order valence-electron chi connectivity index (χ0n) is 8.62. The Morgan fingerprint density at radius 3 is 2.87 bits per heavy atom. The molecule has 0 radical (unpaired) electrons. The summed E-state index contributed by atoms with van der Waals surface area (Å²) in [5.41, 5.74) is -0.240. The number of halogens is 1. The Labute approximate surface area is 93.7 Å². The van der Waals surface area contributed by atoms with Crippen LogP contribution >= 0.6 is 11.6 Å². The molecule has 0 fully saturated rings. The maximum atomic E-state index is 11.3. The fourth-order valence-electron chi connectivity index (χ4n) is 1.17. The average Bonchev–Trinajstić information content (AvgIpc) is 2.21. The van der Waals surface area contributed by atoms with Crippen molar-refractivity contribution in [3.63, 3.8) is 0 Å². The van der Waals surface area contributed by atoms with E-state index in [2.05, 4.69) is 4.98 Å². The second-order valence-electron chi connectivity index (χ2n) is 3.64. The van der Waals surface area contributed by atoms with Gasteiger partial charge < -0.3 is 0 Å². The molecule has 1 rings (SSSR count). The summed E-state index contributed by atoms with van der Waals surface area (Å²) in [5.74, 6) is -0.155.